The molecule has 0 amide bonds. The molecule has 1 unspecified atom stereocenters. The third-order valence-electron chi connectivity index (χ3n) is 3.02. The number of hydrogen-bond acceptors (Lipinski definition) is 4. The Labute approximate surface area is 128 Å². The van der Waals surface area contributed by atoms with Crippen LogP contribution in [-0.4, -0.2) is 32.5 Å². The lowest BCUT2D eigenvalue weighted by Crippen LogP contribution is -2.19. The molecule has 120 valence electrons. The number of benzene rings is 1. The normalized spacial score (nSPS) is 12.2. The van der Waals surface area contributed by atoms with Crippen LogP contribution in [0.15, 0.2) is 18.2 Å². The van der Waals surface area contributed by atoms with Crippen LogP contribution < -0.4 is 15.2 Å². The van der Waals surface area contributed by atoms with Crippen LogP contribution in [0.4, 0.5) is 0 Å². The Hall–Kier alpha value is -1.26. The van der Waals surface area contributed by atoms with Gasteiger partial charge in [-0.15, -0.1) is 0 Å². The summed E-state index contributed by atoms with van der Waals surface area (Å²) in [5, 5.41) is 0. The van der Waals surface area contributed by atoms with Gasteiger partial charge in [-0.2, -0.15) is 0 Å². The standard InChI is InChI=1S/C17H29NO3/c1-4-6-10-19-11-12-21-17-15(13-14(3)18)8-7-9-16(17)20-5-2/h7-9,14H,4-6,10-13,18H2,1-3H3. The molecule has 0 saturated heterocycles. The monoisotopic (exact) mass is 295 g/mol. The molecule has 0 fully saturated rings. The predicted molar refractivity (Wildman–Crippen MR) is 86.2 cm³/mol. The van der Waals surface area contributed by atoms with Crippen molar-refractivity contribution in [1.29, 1.82) is 0 Å². The van der Waals surface area contributed by atoms with Crippen LogP contribution in [0.1, 0.15) is 39.2 Å². The number of hydrogen-bond donors (Lipinski definition) is 1. The van der Waals surface area contributed by atoms with Crippen molar-refractivity contribution in [2.24, 2.45) is 5.73 Å². The average Bonchev–Trinajstić information content (AvgIpc) is 2.44. The van der Waals surface area contributed by atoms with Crippen molar-refractivity contribution in [2.45, 2.75) is 46.1 Å². The zero-order valence-electron chi connectivity index (χ0n) is 13.6. The van der Waals surface area contributed by atoms with E-state index in [9.17, 15) is 0 Å². The number of nitrogens with two attached hydrogens (primary N) is 1. The first-order valence-corrected chi connectivity index (χ1v) is 7.89. The molecule has 2 N–H and O–H groups in total. The highest BCUT2D eigenvalue weighted by molar-refractivity contribution is 5.47. The molecule has 0 saturated carbocycles. The molecule has 0 aliphatic rings. The molecule has 0 bridgehead atoms. The minimum atomic E-state index is 0.0880. The van der Waals surface area contributed by atoms with Gasteiger partial charge >= 0.3 is 0 Å². The van der Waals surface area contributed by atoms with Crippen molar-refractivity contribution in [3.8, 4) is 11.5 Å². The number of rotatable bonds is 11. The first kappa shape index (κ1) is 17.8. The Morgan fingerprint density at radius 2 is 1.90 bits per heavy atom. The fraction of sp³-hybridized carbons (Fsp3) is 0.647. The molecule has 0 radical (unpaired) electrons. The molecule has 21 heavy (non-hydrogen) atoms. The zero-order valence-corrected chi connectivity index (χ0v) is 13.6. The lowest BCUT2D eigenvalue weighted by Gasteiger charge is -2.17. The largest absolute Gasteiger partial charge is 0.490 e. The minimum Gasteiger partial charge on any atom is -0.490 e. The maximum Gasteiger partial charge on any atom is 0.164 e. The molecule has 0 heterocycles. The van der Waals surface area contributed by atoms with Gasteiger partial charge in [-0.25, -0.2) is 0 Å². The summed E-state index contributed by atoms with van der Waals surface area (Å²) in [4.78, 5) is 0. The van der Waals surface area contributed by atoms with E-state index < -0.39 is 0 Å². The summed E-state index contributed by atoms with van der Waals surface area (Å²) in [7, 11) is 0. The van der Waals surface area contributed by atoms with Gasteiger partial charge < -0.3 is 19.9 Å². The summed E-state index contributed by atoms with van der Waals surface area (Å²) in [6, 6.07) is 6.04. The van der Waals surface area contributed by atoms with Crippen LogP contribution in [0.25, 0.3) is 0 Å². The topological polar surface area (TPSA) is 53.7 Å². The van der Waals surface area contributed by atoms with Crippen molar-refractivity contribution in [1.82, 2.24) is 0 Å². The van der Waals surface area contributed by atoms with Crippen LogP contribution in [0, 0.1) is 0 Å². The molecule has 1 rings (SSSR count). The number of unbranched alkanes of at least 4 members (excludes halogenated alkanes) is 1. The van der Waals surface area contributed by atoms with E-state index >= 15 is 0 Å². The molecular formula is C17H29NO3. The lowest BCUT2D eigenvalue weighted by molar-refractivity contribution is 0.0963. The van der Waals surface area contributed by atoms with Crippen LogP contribution in [-0.2, 0) is 11.2 Å². The van der Waals surface area contributed by atoms with E-state index in [-0.39, 0.29) is 6.04 Å². The smallest absolute Gasteiger partial charge is 0.164 e. The molecule has 4 heteroatoms. The average molecular weight is 295 g/mol. The highest BCUT2D eigenvalue weighted by Crippen LogP contribution is 2.32. The Morgan fingerprint density at radius 3 is 2.57 bits per heavy atom. The van der Waals surface area contributed by atoms with E-state index in [4.69, 9.17) is 19.9 Å². The molecule has 1 aromatic rings. The first-order chi connectivity index (χ1) is 10.2. The van der Waals surface area contributed by atoms with Crippen LogP contribution >= 0.6 is 0 Å². The first-order valence-electron chi connectivity index (χ1n) is 7.89. The summed E-state index contributed by atoms with van der Waals surface area (Å²) >= 11 is 0. The van der Waals surface area contributed by atoms with Gasteiger partial charge in [0.2, 0.25) is 0 Å². The minimum absolute atomic E-state index is 0.0880. The second-order valence-corrected chi connectivity index (χ2v) is 5.17. The Balaban J connectivity index is 2.62. The van der Waals surface area contributed by atoms with Gasteiger partial charge in [0, 0.05) is 12.6 Å². The highest BCUT2D eigenvalue weighted by atomic mass is 16.5. The van der Waals surface area contributed by atoms with Crippen LogP contribution in [0.3, 0.4) is 0 Å². The SMILES string of the molecule is CCCCOCCOc1c(CC(C)N)cccc1OCC. The molecule has 0 spiro atoms. The van der Waals surface area contributed by atoms with E-state index in [1.165, 1.54) is 0 Å². The van der Waals surface area contributed by atoms with Crippen molar-refractivity contribution in [3.63, 3.8) is 0 Å². The van der Waals surface area contributed by atoms with Crippen LogP contribution in [0.2, 0.25) is 0 Å². The molecule has 0 aliphatic carbocycles. The summed E-state index contributed by atoms with van der Waals surface area (Å²) < 4.78 is 17.1. The molecule has 0 aromatic heterocycles. The fourth-order valence-electron chi connectivity index (χ4n) is 2.05. The molecular weight excluding hydrogens is 266 g/mol. The molecule has 1 aromatic carbocycles. The Kier molecular flexibility index (Phi) is 8.87. The van der Waals surface area contributed by atoms with Gasteiger partial charge in [0.25, 0.3) is 0 Å². The number of ether oxygens (including phenoxy) is 3. The van der Waals surface area contributed by atoms with E-state index in [1.54, 1.807) is 0 Å². The second-order valence-electron chi connectivity index (χ2n) is 5.17. The second kappa shape index (κ2) is 10.5. The van der Waals surface area contributed by atoms with E-state index in [1.807, 2.05) is 32.0 Å². The Bertz CT molecular complexity index is 394. The fourth-order valence-corrected chi connectivity index (χ4v) is 2.05. The summed E-state index contributed by atoms with van der Waals surface area (Å²) in [6.45, 7) is 8.64. The Morgan fingerprint density at radius 1 is 1.10 bits per heavy atom. The van der Waals surface area contributed by atoms with Gasteiger partial charge in [-0.1, -0.05) is 25.5 Å². The van der Waals surface area contributed by atoms with Crippen molar-refractivity contribution in [3.05, 3.63) is 23.8 Å². The summed E-state index contributed by atoms with van der Waals surface area (Å²) in [5.74, 6) is 1.58. The van der Waals surface area contributed by atoms with E-state index in [0.717, 1.165) is 42.9 Å². The molecule has 1 atom stereocenters. The van der Waals surface area contributed by atoms with Gasteiger partial charge in [0.15, 0.2) is 11.5 Å². The summed E-state index contributed by atoms with van der Waals surface area (Å²) in [5.41, 5.74) is 6.99. The maximum atomic E-state index is 5.91. The van der Waals surface area contributed by atoms with Crippen LogP contribution in [0.5, 0.6) is 11.5 Å². The van der Waals surface area contributed by atoms with Gasteiger partial charge in [0.1, 0.15) is 6.61 Å². The summed E-state index contributed by atoms with van der Waals surface area (Å²) in [6.07, 6.45) is 3.00. The lowest BCUT2D eigenvalue weighted by atomic mass is 10.1. The van der Waals surface area contributed by atoms with Gasteiger partial charge in [-0.3, -0.25) is 0 Å². The third kappa shape index (κ3) is 6.82. The maximum absolute atomic E-state index is 5.91. The van der Waals surface area contributed by atoms with Crippen molar-refractivity contribution in [2.75, 3.05) is 26.4 Å². The van der Waals surface area contributed by atoms with E-state index in [2.05, 4.69) is 6.92 Å². The van der Waals surface area contributed by atoms with E-state index in [0.29, 0.717) is 19.8 Å². The quantitative estimate of drug-likeness (QED) is 0.637. The van der Waals surface area contributed by atoms with Crippen molar-refractivity contribution >= 4 is 0 Å². The zero-order chi connectivity index (χ0) is 15.5. The van der Waals surface area contributed by atoms with Crippen molar-refractivity contribution < 1.29 is 14.2 Å². The van der Waals surface area contributed by atoms with Gasteiger partial charge in [0.05, 0.1) is 13.2 Å². The third-order valence-corrected chi connectivity index (χ3v) is 3.02. The highest BCUT2D eigenvalue weighted by Gasteiger charge is 2.12. The van der Waals surface area contributed by atoms with Gasteiger partial charge in [-0.05, 0) is 38.3 Å². The molecule has 0 aliphatic heterocycles. The molecule has 4 nitrogen and oxygen atoms in total. The predicted octanol–water partition coefficient (Wildman–Crippen LogP) is 3.17. The number of para-hydroxylation sites is 1.